The topological polar surface area (TPSA) is 59.0 Å². The van der Waals surface area contributed by atoms with Crippen LogP contribution < -0.4 is 4.74 Å². The van der Waals surface area contributed by atoms with Crippen molar-refractivity contribution in [3.05, 3.63) is 58.7 Å². The van der Waals surface area contributed by atoms with Crippen molar-refractivity contribution in [3.8, 4) is 5.75 Å². The number of hydrogen-bond donors (Lipinski definition) is 1. The number of hydrogen-bond acceptors (Lipinski definition) is 4. The van der Waals surface area contributed by atoms with Gasteiger partial charge in [0.15, 0.2) is 0 Å². The number of nitrogens with zero attached hydrogens (tertiary/aromatic N) is 1. The maximum absolute atomic E-state index is 11.6. The monoisotopic (exact) mass is 437 g/mol. The molecule has 1 aliphatic carbocycles. The van der Waals surface area contributed by atoms with Crippen molar-refractivity contribution in [3.63, 3.8) is 0 Å². The van der Waals surface area contributed by atoms with E-state index in [1.54, 1.807) is 7.11 Å². The lowest BCUT2D eigenvalue weighted by molar-refractivity contribution is -0.148. The molecule has 32 heavy (non-hydrogen) atoms. The van der Waals surface area contributed by atoms with Crippen LogP contribution in [0.25, 0.3) is 5.57 Å². The molecular weight excluding hydrogens is 402 g/mol. The zero-order chi connectivity index (χ0) is 22.9. The number of likely N-dealkylation sites (tertiary alicyclic amines) is 1. The van der Waals surface area contributed by atoms with Crippen LogP contribution in [0.4, 0.5) is 0 Å². The maximum atomic E-state index is 11.6. The Hall–Kier alpha value is -2.37. The number of piperidine rings is 1. The molecule has 0 radical (unpaired) electrons. The molecule has 172 valence electrons. The van der Waals surface area contributed by atoms with E-state index >= 15 is 0 Å². The number of carbonyl (C=O) groups is 1. The molecule has 4 rings (SSSR count). The Morgan fingerprint density at radius 2 is 2.03 bits per heavy atom. The van der Waals surface area contributed by atoms with Gasteiger partial charge in [0.2, 0.25) is 0 Å². The minimum atomic E-state index is -0.735. The fourth-order valence-corrected chi connectivity index (χ4v) is 5.18. The van der Waals surface area contributed by atoms with Crippen molar-refractivity contribution < 1.29 is 19.4 Å². The third-order valence-corrected chi connectivity index (χ3v) is 6.95. The summed E-state index contributed by atoms with van der Waals surface area (Å²) < 4.78 is 11.7. The minimum absolute atomic E-state index is 0.282. The predicted molar refractivity (Wildman–Crippen MR) is 127 cm³/mol. The molecule has 0 amide bonds. The lowest BCUT2D eigenvalue weighted by Crippen LogP contribution is -2.42. The second kappa shape index (κ2) is 9.24. The molecule has 1 aromatic rings. The number of ether oxygens (including phenoxy) is 2. The molecular formula is C27H35NO4. The number of fused-ring (bicyclic) bond motifs is 2. The summed E-state index contributed by atoms with van der Waals surface area (Å²) in [6.07, 6.45) is 8.78. The molecule has 3 aliphatic rings. The van der Waals surface area contributed by atoms with Crippen molar-refractivity contribution in [1.82, 2.24) is 4.90 Å². The highest BCUT2D eigenvalue weighted by molar-refractivity contribution is 5.78. The van der Waals surface area contributed by atoms with Gasteiger partial charge in [-0.3, -0.25) is 4.79 Å². The summed E-state index contributed by atoms with van der Waals surface area (Å²) in [5.41, 5.74) is 5.82. The van der Waals surface area contributed by atoms with Gasteiger partial charge >= 0.3 is 5.97 Å². The number of carboxylic acid groups (broad SMARTS) is 1. The van der Waals surface area contributed by atoms with Crippen LogP contribution in [0.5, 0.6) is 5.75 Å². The Morgan fingerprint density at radius 1 is 1.28 bits per heavy atom. The molecule has 2 heterocycles. The number of allylic oxidation sites excluding steroid dienone is 2. The van der Waals surface area contributed by atoms with E-state index in [1.807, 2.05) is 13.8 Å². The molecule has 0 saturated carbocycles. The third kappa shape index (κ3) is 4.69. The predicted octanol–water partition coefficient (Wildman–Crippen LogP) is 4.72. The average molecular weight is 438 g/mol. The van der Waals surface area contributed by atoms with E-state index in [-0.39, 0.29) is 11.8 Å². The zero-order valence-electron chi connectivity index (χ0n) is 19.7. The molecule has 1 saturated heterocycles. The van der Waals surface area contributed by atoms with Gasteiger partial charge in [-0.15, -0.1) is 0 Å². The Kier molecular flexibility index (Phi) is 6.59. The summed E-state index contributed by atoms with van der Waals surface area (Å²) in [4.78, 5) is 13.9. The van der Waals surface area contributed by atoms with Crippen molar-refractivity contribution in [2.75, 3.05) is 40.0 Å². The van der Waals surface area contributed by atoms with Gasteiger partial charge in [-0.1, -0.05) is 35.4 Å². The molecule has 1 fully saturated rings. The van der Waals surface area contributed by atoms with Gasteiger partial charge in [-0.25, -0.2) is 0 Å². The Bertz CT molecular complexity index is 962. The first-order chi connectivity index (χ1) is 15.3. The Balaban J connectivity index is 1.66. The summed E-state index contributed by atoms with van der Waals surface area (Å²) in [7, 11) is 1.73. The van der Waals surface area contributed by atoms with E-state index in [0.29, 0.717) is 19.8 Å². The van der Waals surface area contributed by atoms with E-state index in [9.17, 15) is 9.90 Å². The van der Waals surface area contributed by atoms with Gasteiger partial charge in [0.05, 0.1) is 18.6 Å². The van der Waals surface area contributed by atoms with Crippen molar-refractivity contribution in [2.45, 2.75) is 33.6 Å². The largest absolute Gasteiger partial charge is 0.492 e. The number of aliphatic carboxylic acids is 1. The summed E-state index contributed by atoms with van der Waals surface area (Å²) in [5.74, 6) is 0.804. The SMILES string of the molecule is COCC1=CC2COc3ccc(C)cc3C(=C3CCN(CC(C)(C)C(=O)O)CC3)C2C=C1. The quantitative estimate of drug-likeness (QED) is 0.722. The number of methoxy groups -OCH3 is 1. The number of benzene rings is 1. The molecule has 2 atom stereocenters. The lowest BCUT2D eigenvalue weighted by atomic mass is 9.75. The minimum Gasteiger partial charge on any atom is -0.492 e. The second-order valence-electron chi connectivity index (χ2n) is 10.0. The number of aryl methyl sites for hydroxylation is 1. The molecule has 0 aromatic heterocycles. The van der Waals surface area contributed by atoms with E-state index < -0.39 is 11.4 Å². The number of carboxylic acids is 1. The molecule has 1 N–H and O–H groups in total. The van der Waals surface area contributed by atoms with Crippen LogP contribution in [-0.4, -0.2) is 55.9 Å². The van der Waals surface area contributed by atoms with Crippen molar-refractivity contribution >= 4 is 11.5 Å². The van der Waals surface area contributed by atoms with Crippen LogP contribution in [0, 0.1) is 24.2 Å². The van der Waals surface area contributed by atoms with E-state index in [4.69, 9.17) is 9.47 Å². The fraction of sp³-hybridized carbons (Fsp3) is 0.519. The van der Waals surface area contributed by atoms with E-state index in [0.717, 1.165) is 31.7 Å². The molecule has 5 heteroatoms. The maximum Gasteiger partial charge on any atom is 0.310 e. The first-order valence-electron chi connectivity index (χ1n) is 11.6. The van der Waals surface area contributed by atoms with E-state index in [2.05, 4.69) is 48.3 Å². The highest BCUT2D eigenvalue weighted by Crippen LogP contribution is 2.45. The summed E-state index contributed by atoms with van der Waals surface area (Å²) >= 11 is 0. The standard InChI is InChI=1S/C27H35NO4/c1-18-5-8-24-23(13-18)25(22-7-6-19(15-31-4)14-21(22)16-32-24)20-9-11-28(12-10-20)17-27(2,3)26(29)30/h5-8,13-14,21-22H,9-12,15-17H2,1-4H3,(H,29,30). The van der Waals surface area contributed by atoms with Crippen LogP contribution >= 0.6 is 0 Å². The normalized spacial score (nSPS) is 23.7. The highest BCUT2D eigenvalue weighted by atomic mass is 16.5. The molecule has 2 unspecified atom stereocenters. The Morgan fingerprint density at radius 3 is 2.72 bits per heavy atom. The summed E-state index contributed by atoms with van der Waals surface area (Å²) in [6.45, 7) is 9.40. The second-order valence-corrected chi connectivity index (χ2v) is 10.0. The first kappa shape index (κ1) is 22.8. The van der Waals surface area contributed by atoms with Crippen LogP contribution in [-0.2, 0) is 9.53 Å². The average Bonchev–Trinajstić information content (AvgIpc) is 2.90. The third-order valence-electron chi connectivity index (χ3n) is 6.95. The summed E-state index contributed by atoms with van der Waals surface area (Å²) in [6, 6.07) is 6.49. The van der Waals surface area contributed by atoms with E-state index in [1.165, 1.54) is 27.8 Å². The number of rotatable bonds is 5. The van der Waals surface area contributed by atoms with Crippen molar-refractivity contribution in [2.24, 2.45) is 17.3 Å². The van der Waals surface area contributed by atoms with Crippen LogP contribution in [0.15, 0.2) is 47.6 Å². The van der Waals surface area contributed by atoms with Gasteiger partial charge in [0.1, 0.15) is 5.75 Å². The molecule has 2 aliphatic heterocycles. The highest BCUT2D eigenvalue weighted by Gasteiger charge is 2.35. The zero-order valence-corrected chi connectivity index (χ0v) is 19.7. The van der Waals surface area contributed by atoms with Crippen molar-refractivity contribution in [1.29, 1.82) is 0 Å². The van der Waals surface area contributed by atoms with Crippen LogP contribution in [0.2, 0.25) is 0 Å². The molecule has 1 aromatic carbocycles. The van der Waals surface area contributed by atoms with Gasteiger partial charge < -0.3 is 19.5 Å². The van der Waals surface area contributed by atoms with Gasteiger partial charge in [-0.2, -0.15) is 0 Å². The molecule has 5 nitrogen and oxygen atoms in total. The molecule has 0 spiro atoms. The smallest absolute Gasteiger partial charge is 0.310 e. The Labute approximate surface area is 191 Å². The fourth-order valence-electron chi connectivity index (χ4n) is 5.18. The van der Waals surface area contributed by atoms with Gasteiger partial charge in [0.25, 0.3) is 0 Å². The van der Waals surface area contributed by atoms with Crippen LogP contribution in [0.3, 0.4) is 0 Å². The lowest BCUT2D eigenvalue weighted by Gasteiger charge is -2.35. The molecule has 0 bridgehead atoms. The van der Waals surface area contributed by atoms with Gasteiger partial charge in [0, 0.05) is 44.1 Å². The first-order valence-corrected chi connectivity index (χ1v) is 11.6. The summed E-state index contributed by atoms with van der Waals surface area (Å²) in [5, 5.41) is 9.51. The van der Waals surface area contributed by atoms with Gasteiger partial charge in [-0.05, 0) is 56.9 Å². The van der Waals surface area contributed by atoms with Crippen LogP contribution in [0.1, 0.15) is 37.8 Å².